The summed E-state index contributed by atoms with van der Waals surface area (Å²) in [5.74, 6) is 5.03. The molecular formula is C17H15FN2O. The van der Waals surface area contributed by atoms with Crippen molar-refractivity contribution in [3.63, 3.8) is 0 Å². The van der Waals surface area contributed by atoms with Crippen molar-refractivity contribution >= 4 is 11.6 Å². The van der Waals surface area contributed by atoms with Gasteiger partial charge < -0.3 is 11.1 Å². The number of aryl methyl sites for hydroxylation is 1. The fraction of sp³-hybridized carbons (Fsp3) is 0.118. The molecule has 2 aromatic carbocycles. The second-order valence-electron chi connectivity index (χ2n) is 4.50. The average molecular weight is 282 g/mol. The van der Waals surface area contributed by atoms with Crippen LogP contribution in [0.3, 0.4) is 0 Å². The predicted molar refractivity (Wildman–Crippen MR) is 81.5 cm³/mol. The van der Waals surface area contributed by atoms with Crippen molar-refractivity contribution in [1.82, 2.24) is 0 Å². The predicted octanol–water partition coefficient (Wildman–Crippen LogP) is 2.70. The van der Waals surface area contributed by atoms with Crippen LogP contribution in [0, 0.1) is 24.6 Å². The molecule has 0 aliphatic carbocycles. The number of carbonyl (C=O) groups is 1. The summed E-state index contributed by atoms with van der Waals surface area (Å²) in [6, 6.07) is 11.2. The number of benzene rings is 2. The molecule has 0 spiro atoms. The van der Waals surface area contributed by atoms with Crippen LogP contribution in [0.2, 0.25) is 0 Å². The Morgan fingerprint density at radius 1 is 1.29 bits per heavy atom. The van der Waals surface area contributed by atoms with E-state index in [4.69, 9.17) is 5.73 Å². The molecule has 0 aliphatic rings. The van der Waals surface area contributed by atoms with Gasteiger partial charge in [-0.1, -0.05) is 17.9 Å². The number of rotatable bonds is 2. The topological polar surface area (TPSA) is 55.1 Å². The Hall–Kier alpha value is -2.64. The smallest absolute Gasteiger partial charge is 0.255 e. The molecule has 2 aromatic rings. The summed E-state index contributed by atoms with van der Waals surface area (Å²) >= 11 is 0. The number of nitrogens with two attached hydrogens (primary N) is 1. The van der Waals surface area contributed by atoms with Crippen molar-refractivity contribution in [1.29, 1.82) is 0 Å². The number of halogens is 1. The Labute approximate surface area is 123 Å². The van der Waals surface area contributed by atoms with Gasteiger partial charge in [-0.3, -0.25) is 4.79 Å². The standard InChI is InChI=1S/C17H15FN2O/c1-12-10-15(18)7-8-16(12)20-17(21)14-6-2-4-13(11-14)5-3-9-19/h2,4,6-8,10-11H,9,19H2,1H3,(H,20,21). The van der Waals surface area contributed by atoms with Crippen LogP contribution in [0.1, 0.15) is 21.5 Å². The van der Waals surface area contributed by atoms with E-state index in [0.29, 0.717) is 16.8 Å². The minimum absolute atomic E-state index is 0.263. The van der Waals surface area contributed by atoms with Gasteiger partial charge >= 0.3 is 0 Å². The van der Waals surface area contributed by atoms with Gasteiger partial charge in [0.15, 0.2) is 0 Å². The minimum Gasteiger partial charge on any atom is -0.322 e. The van der Waals surface area contributed by atoms with Crippen molar-refractivity contribution < 1.29 is 9.18 Å². The van der Waals surface area contributed by atoms with Gasteiger partial charge in [-0.15, -0.1) is 0 Å². The van der Waals surface area contributed by atoms with Gasteiger partial charge in [-0.05, 0) is 48.9 Å². The molecule has 0 aromatic heterocycles. The number of amides is 1. The van der Waals surface area contributed by atoms with E-state index in [2.05, 4.69) is 17.2 Å². The highest BCUT2D eigenvalue weighted by Gasteiger charge is 2.08. The van der Waals surface area contributed by atoms with Crippen LogP contribution in [-0.4, -0.2) is 12.5 Å². The van der Waals surface area contributed by atoms with Gasteiger partial charge in [-0.25, -0.2) is 4.39 Å². The molecule has 0 aliphatic heterocycles. The number of anilines is 1. The summed E-state index contributed by atoms with van der Waals surface area (Å²) in [6.07, 6.45) is 0. The molecule has 0 atom stereocenters. The lowest BCUT2D eigenvalue weighted by atomic mass is 10.1. The number of carbonyl (C=O) groups excluding carboxylic acids is 1. The lowest BCUT2D eigenvalue weighted by Gasteiger charge is -2.08. The molecule has 0 fully saturated rings. The SMILES string of the molecule is Cc1cc(F)ccc1NC(=O)c1cccc(C#CCN)c1. The van der Waals surface area contributed by atoms with Gasteiger partial charge in [0, 0.05) is 16.8 Å². The molecule has 2 rings (SSSR count). The first-order valence-corrected chi connectivity index (χ1v) is 6.46. The van der Waals surface area contributed by atoms with Gasteiger partial charge in [0.2, 0.25) is 0 Å². The van der Waals surface area contributed by atoms with Crippen molar-refractivity contribution in [2.24, 2.45) is 5.73 Å². The first kappa shape index (κ1) is 14.8. The quantitative estimate of drug-likeness (QED) is 0.832. The van der Waals surface area contributed by atoms with Crippen molar-refractivity contribution in [3.8, 4) is 11.8 Å². The van der Waals surface area contributed by atoms with E-state index in [1.54, 1.807) is 31.2 Å². The molecule has 106 valence electrons. The second kappa shape index (κ2) is 6.69. The minimum atomic E-state index is -0.329. The highest BCUT2D eigenvalue weighted by molar-refractivity contribution is 6.04. The Morgan fingerprint density at radius 2 is 2.10 bits per heavy atom. The van der Waals surface area contributed by atoms with E-state index >= 15 is 0 Å². The first-order chi connectivity index (χ1) is 10.1. The van der Waals surface area contributed by atoms with Crippen molar-refractivity contribution in [2.45, 2.75) is 6.92 Å². The van der Waals surface area contributed by atoms with E-state index in [1.807, 2.05) is 6.07 Å². The third-order valence-electron chi connectivity index (χ3n) is 2.90. The van der Waals surface area contributed by atoms with E-state index in [0.717, 1.165) is 5.56 Å². The summed E-state index contributed by atoms with van der Waals surface area (Å²) in [5.41, 5.74) is 7.79. The van der Waals surface area contributed by atoms with Crippen LogP contribution >= 0.6 is 0 Å². The number of hydrogen-bond donors (Lipinski definition) is 2. The zero-order valence-corrected chi connectivity index (χ0v) is 11.6. The molecule has 0 saturated heterocycles. The van der Waals surface area contributed by atoms with E-state index in [9.17, 15) is 9.18 Å². The number of hydrogen-bond acceptors (Lipinski definition) is 2. The van der Waals surface area contributed by atoms with Crippen LogP contribution < -0.4 is 11.1 Å². The van der Waals surface area contributed by atoms with Crippen LogP contribution in [0.25, 0.3) is 0 Å². The second-order valence-corrected chi connectivity index (χ2v) is 4.50. The zero-order valence-electron chi connectivity index (χ0n) is 11.6. The highest BCUT2D eigenvalue weighted by Crippen LogP contribution is 2.17. The van der Waals surface area contributed by atoms with E-state index < -0.39 is 0 Å². The number of nitrogens with one attached hydrogen (secondary N) is 1. The maximum Gasteiger partial charge on any atom is 0.255 e. The summed E-state index contributed by atoms with van der Waals surface area (Å²) < 4.78 is 13.0. The molecule has 0 bridgehead atoms. The molecule has 3 N–H and O–H groups in total. The summed E-state index contributed by atoms with van der Waals surface area (Å²) in [7, 11) is 0. The summed E-state index contributed by atoms with van der Waals surface area (Å²) in [5, 5.41) is 2.76. The normalized spacial score (nSPS) is 9.67. The Kier molecular flexibility index (Phi) is 4.70. The van der Waals surface area contributed by atoms with Crippen LogP contribution in [0.4, 0.5) is 10.1 Å². The Bertz CT molecular complexity index is 729. The Morgan fingerprint density at radius 3 is 2.81 bits per heavy atom. The average Bonchev–Trinajstić information content (AvgIpc) is 2.48. The maximum atomic E-state index is 13.0. The van der Waals surface area contributed by atoms with Crippen LogP contribution in [0.5, 0.6) is 0 Å². The summed E-state index contributed by atoms with van der Waals surface area (Å²) in [6.45, 7) is 2.01. The maximum absolute atomic E-state index is 13.0. The fourth-order valence-electron chi connectivity index (χ4n) is 1.85. The van der Waals surface area contributed by atoms with Gasteiger partial charge in [0.1, 0.15) is 5.82 Å². The lowest BCUT2D eigenvalue weighted by Crippen LogP contribution is -2.13. The zero-order chi connectivity index (χ0) is 15.2. The highest BCUT2D eigenvalue weighted by atomic mass is 19.1. The monoisotopic (exact) mass is 282 g/mol. The van der Waals surface area contributed by atoms with Crippen LogP contribution in [0.15, 0.2) is 42.5 Å². The molecule has 0 heterocycles. The third kappa shape index (κ3) is 3.91. The van der Waals surface area contributed by atoms with E-state index in [-0.39, 0.29) is 18.3 Å². The Balaban J connectivity index is 2.20. The fourth-order valence-corrected chi connectivity index (χ4v) is 1.85. The molecule has 0 radical (unpaired) electrons. The largest absolute Gasteiger partial charge is 0.322 e. The van der Waals surface area contributed by atoms with Gasteiger partial charge in [0.25, 0.3) is 5.91 Å². The lowest BCUT2D eigenvalue weighted by molar-refractivity contribution is 0.102. The first-order valence-electron chi connectivity index (χ1n) is 6.46. The molecule has 4 heteroatoms. The summed E-state index contributed by atoms with van der Waals surface area (Å²) in [4.78, 5) is 12.2. The molecule has 0 unspecified atom stereocenters. The molecule has 1 amide bonds. The van der Waals surface area contributed by atoms with Crippen molar-refractivity contribution in [2.75, 3.05) is 11.9 Å². The molecular weight excluding hydrogens is 267 g/mol. The van der Waals surface area contributed by atoms with Gasteiger partial charge in [0.05, 0.1) is 6.54 Å². The van der Waals surface area contributed by atoms with Gasteiger partial charge in [-0.2, -0.15) is 0 Å². The molecule has 0 saturated carbocycles. The third-order valence-corrected chi connectivity index (χ3v) is 2.90. The van der Waals surface area contributed by atoms with Crippen LogP contribution in [-0.2, 0) is 0 Å². The van der Waals surface area contributed by atoms with E-state index in [1.165, 1.54) is 12.1 Å². The molecule has 21 heavy (non-hydrogen) atoms. The molecule has 3 nitrogen and oxygen atoms in total. The van der Waals surface area contributed by atoms with Crippen molar-refractivity contribution in [3.05, 3.63) is 65.0 Å².